The molecule has 1 heterocycles. The Labute approximate surface area is 184 Å². The standard InChI is InChI=1S/C25H18NOPS2/c29-28(21-12-3-1-4-13-21,22-14-5-2-6-15-22)27-20-11-9-10-19(18-20)25-26-23-16-7-8-17-24(23)30-25/h1-18H. The fraction of sp³-hybridized carbons (Fsp3) is 0. The maximum Gasteiger partial charge on any atom is 0.171 e. The van der Waals surface area contributed by atoms with Crippen LogP contribution in [0.25, 0.3) is 20.8 Å². The quantitative estimate of drug-likeness (QED) is 0.294. The number of benzene rings is 4. The monoisotopic (exact) mass is 443 g/mol. The molecule has 0 atom stereocenters. The van der Waals surface area contributed by atoms with Gasteiger partial charge in [0.05, 0.1) is 10.2 Å². The molecule has 0 saturated heterocycles. The highest BCUT2D eigenvalue weighted by molar-refractivity contribution is 8.19. The molecule has 0 fully saturated rings. The maximum atomic E-state index is 6.61. The van der Waals surface area contributed by atoms with Crippen molar-refractivity contribution in [1.82, 2.24) is 4.98 Å². The summed E-state index contributed by atoms with van der Waals surface area (Å²) in [6, 6.07) is 36.6. The van der Waals surface area contributed by atoms with Crippen LogP contribution in [0.1, 0.15) is 0 Å². The molecule has 5 heteroatoms. The highest BCUT2D eigenvalue weighted by Crippen LogP contribution is 2.46. The number of rotatable bonds is 5. The van der Waals surface area contributed by atoms with Crippen LogP contribution < -0.4 is 15.1 Å². The van der Waals surface area contributed by atoms with Crippen molar-refractivity contribution in [3.63, 3.8) is 0 Å². The van der Waals surface area contributed by atoms with E-state index >= 15 is 0 Å². The number of nitrogens with zero attached hydrogens (tertiary/aromatic N) is 1. The van der Waals surface area contributed by atoms with Crippen LogP contribution in [0.3, 0.4) is 0 Å². The second-order valence-electron chi connectivity index (χ2n) is 6.83. The molecule has 0 aliphatic carbocycles. The largest absolute Gasteiger partial charge is 0.458 e. The molecule has 30 heavy (non-hydrogen) atoms. The first-order chi connectivity index (χ1) is 14.7. The summed E-state index contributed by atoms with van der Waals surface area (Å²) in [6.07, 6.45) is -2.47. The predicted molar refractivity (Wildman–Crippen MR) is 132 cm³/mol. The van der Waals surface area contributed by atoms with Crippen molar-refractivity contribution >= 4 is 50.2 Å². The Balaban J connectivity index is 1.56. The van der Waals surface area contributed by atoms with E-state index in [4.69, 9.17) is 21.3 Å². The fourth-order valence-corrected chi connectivity index (χ4v) is 7.33. The number of aromatic nitrogens is 1. The van der Waals surface area contributed by atoms with Crippen molar-refractivity contribution in [1.29, 1.82) is 0 Å². The van der Waals surface area contributed by atoms with E-state index in [1.54, 1.807) is 11.3 Å². The van der Waals surface area contributed by atoms with Gasteiger partial charge in [-0.05, 0) is 36.1 Å². The van der Waals surface area contributed by atoms with E-state index in [1.807, 2.05) is 72.8 Å². The smallest absolute Gasteiger partial charge is 0.171 e. The van der Waals surface area contributed by atoms with Crippen LogP contribution in [0, 0.1) is 0 Å². The molecule has 0 saturated carbocycles. The van der Waals surface area contributed by atoms with Gasteiger partial charge in [0.15, 0.2) is 6.26 Å². The average molecular weight is 444 g/mol. The van der Waals surface area contributed by atoms with Gasteiger partial charge in [-0.1, -0.05) is 84.9 Å². The van der Waals surface area contributed by atoms with Gasteiger partial charge in [0.2, 0.25) is 0 Å². The minimum absolute atomic E-state index is 0.766. The molecule has 0 unspecified atom stereocenters. The lowest BCUT2D eigenvalue weighted by atomic mass is 10.2. The fourth-order valence-electron chi connectivity index (χ4n) is 3.33. The summed E-state index contributed by atoms with van der Waals surface area (Å²) in [4.78, 5) is 4.78. The second-order valence-corrected chi connectivity index (χ2v) is 11.7. The van der Waals surface area contributed by atoms with Crippen molar-refractivity contribution in [2.45, 2.75) is 0 Å². The van der Waals surface area contributed by atoms with Crippen molar-refractivity contribution in [3.8, 4) is 16.3 Å². The molecule has 0 aliphatic heterocycles. The molecule has 5 rings (SSSR count). The third kappa shape index (κ3) is 3.70. The van der Waals surface area contributed by atoms with E-state index < -0.39 is 6.26 Å². The topological polar surface area (TPSA) is 22.1 Å². The summed E-state index contributed by atoms with van der Waals surface area (Å²) >= 11 is 7.89. The summed E-state index contributed by atoms with van der Waals surface area (Å²) in [5, 5.41) is 3.06. The van der Waals surface area contributed by atoms with Gasteiger partial charge in [-0.2, -0.15) is 0 Å². The van der Waals surface area contributed by atoms with Crippen LogP contribution in [0.5, 0.6) is 5.75 Å². The third-order valence-corrected chi connectivity index (χ3v) is 9.80. The Hall–Kier alpha value is -2.78. The van der Waals surface area contributed by atoms with Crippen molar-refractivity contribution < 1.29 is 4.52 Å². The Morgan fingerprint density at radius 3 is 2.00 bits per heavy atom. The van der Waals surface area contributed by atoms with E-state index in [9.17, 15) is 0 Å². The van der Waals surface area contributed by atoms with Crippen LogP contribution in [0.2, 0.25) is 0 Å². The number of para-hydroxylation sites is 1. The highest BCUT2D eigenvalue weighted by Gasteiger charge is 2.25. The summed E-state index contributed by atoms with van der Waals surface area (Å²) < 4.78 is 7.79. The number of thiazole rings is 1. The molecule has 0 bridgehead atoms. The first kappa shape index (κ1) is 19.2. The lowest BCUT2D eigenvalue weighted by molar-refractivity contribution is 0.628. The molecule has 0 spiro atoms. The van der Waals surface area contributed by atoms with Gasteiger partial charge >= 0.3 is 0 Å². The molecule has 0 radical (unpaired) electrons. The minimum atomic E-state index is -2.47. The number of fused-ring (bicyclic) bond motifs is 1. The summed E-state index contributed by atoms with van der Waals surface area (Å²) in [5.74, 6) is 0.766. The number of hydrogen-bond acceptors (Lipinski definition) is 4. The Kier molecular flexibility index (Phi) is 5.22. The van der Waals surface area contributed by atoms with Gasteiger partial charge in [0.25, 0.3) is 0 Å². The second kappa shape index (κ2) is 8.16. The first-order valence-corrected chi connectivity index (χ1v) is 13.1. The van der Waals surface area contributed by atoms with Crippen molar-refractivity contribution in [2.24, 2.45) is 0 Å². The zero-order chi connectivity index (χ0) is 20.4. The van der Waals surface area contributed by atoms with Crippen LogP contribution in [0.15, 0.2) is 109 Å². The SMILES string of the molecule is S=P(Oc1cccc(-c2nc3ccccc3s2)c1)(c1ccccc1)c1ccccc1. The maximum absolute atomic E-state index is 6.61. The van der Waals surface area contributed by atoms with Gasteiger partial charge in [-0.25, -0.2) is 4.98 Å². The lowest BCUT2D eigenvalue weighted by Gasteiger charge is -2.24. The van der Waals surface area contributed by atoms with Gasteiger partial charge < -0.3 is 4.52 Å². The van der Waals surface area contributed by atoms with Crippen LogP contribution in [0.4, 0.5) is 0 Å². The van der Waals surface area contributed by atoms with Gasteiger partial charge in [0.1, 0.15) is 10.8 Å². The van der Waals surface area contributed by atoms with E-state index in [2.05, 4.69) is 36.4 Å². The summed E-state index contributed by atoms with van der Waals surface area (Å²) in [7, 11) is 0. The molecule has 2 nitrogen and oxygen atoms in total. The Morgan fingerprint density at radius 1 is 0.700 bits per heavy atom. The molecule has 1 aromatic heterocycles. The zero-order valence-corrected chi connectivity index (χ0v) is 18.5. The van der Waals surface area contributed by atoms with Gasteiger partial charge in [0, 0.05) is 16.2 Å². The lowest BCUT2D eigenvalue weighted by Crippen LogP contribution is -2.19. The van der Waals surface area contributed by atoms with Crippen molar-refractivity contribution in [2.75, 3.05) is 0 Å². The highest BCUT2D eigenvalue weighted by atomic mass is 32.4. The average Bonchev–Trinajstić information content (AvgIpc) is 3.25. The van der Waals surface area contributed by atoms with E-state index in [1.165, 1.54) is 4.70 Å². The van der Waals surface area contributed by atoms with Crippen LogP contribution in [-0.2, 0) is 11.8 Å². The first-order valence-electron chi connectivity index (χ1n) is 9.59. The molecule has 0 N–H and O–H groups in total. The van der Waals surface area contributed by atoms with Crippen molar-refractivity contribution in [3.05, 3.63) is 109 Å². The Morgan fingerprint density at radius 2 is 1.33 bits per heavy atom. The van der Waals surface area contributed by atoms with E-state index in [-0.39, 0.29) is 0 Å². The van der Waals surface area contributed by atoms with Crippen LogP contribution >= 0.6 is 17.6 Å². The molecule has 0 aliphatic rings. The molecular formula is C25H18NOPS2. The summed E-state index contributed by atoms with van der Waals surface area (Å²) in [5.41, 5.74) is 2.05. The molecule has 4 aromatic carbocycles. The van der Waals surface area contributed by atoms with Crippen LogP contribution in [-0.4, -0.2) is 4.98 Å². The molecular weight excluding hydrogens is 425 g/mol. The third-order valence-electron chi connectivity index (χ3n) is 4.80. The molecule has 0 amide bonds. The summed E-state index contributed by atoms with van der Waals surface area (Å²) in [6.45, 7) is 0. The zero-order valence-electron chi connectivity index (χ0n) is 16.0. The minimum Gasteiger partial charge on any atom is -0.458 e. The number of hydrogen-bond donors (Lipinski definition) is 0. The van der Waals surface area contributed by atoms with E-state index in [0.29, 0.717) is 0 Å². The predicted octanol–water partition coefficient (Wildman–Crippen LogP) is 6.39. The van der Waals surface area contributed by atoms with Gasteiger partial charge in [-0.15, -0.1) is 11.3 Å². The molecule has 146 valence electrons. The van der Waals surface area contributed by atoms with Gasteiger partial charge in [-0.3, -0.25) is 0 Å². The molecule has 5 aromatic rings. The normalized spacial score (nSPS) is 11.5. The Bertz CT molecular complexity index is 1270. The van der Waals surface area contributed by atoms with E-state index in [0.717, 1.165) is 32.4 Å².